The molecule has 0 aliphatic carbocycles. The summed E-state index contributed by atoms with van der Waals surface area (Å²) in [6.07, 6.45) is 1.65. The maximum Gasteiger partial charge on any atom is 0.251 e. The quantitative estimate of drug-likeness (QED) is 0.811. The van der Waals surface area contributed by atoms with Crippen molar-refractivity contribution in [2.75, 3.05) is 12.3 Å². The molecule has 1 aliphatic rings. The van der Waals surface area contributed by atoms with Crippen molar-refractivity contribution in [1.29, 1.82) is 0 Å². The molecule has 1 aliphatic heterocycles. The number of amides is 2. The van der Waals surface area contributed by atoms with Crippen molar-refractivity contribution < 1.29 is 9.59 Å². The van der Waals surface area contributed by atoms with Crippen molar-refractivity contribution in [3.8, 4) is 0 Å². The summed E-state index contributed by atoms with van der Waals surface area (Å²) < 4.78 is 0. The molecule has 1 N–H and O–H groups in total. The third kappa shape index (κ3) is 4.12. The van der Waals surface area contributed by atoms with Crippen LogP contribution in [0.2, 0.25) is 0 Å². The predicted octanol–water partition coefficient (Wildman–Crippen LogP) is 3.38. The van der Waals surface area contributed by atoms with Gasteiger partial charge in [-0.2, -0.15) is 0 Å². The van der Waals surface area contributed by atoms with Crippen LogP contribution in [0, 0.1) is 0 Å². The van der Waals surface area contributed by atoms with Crippen LogP contribution in [-0.2, 0) is 11.3 Å². The van der Waals surface area contributed by atoms with Crippen LogP contribution in [0.3, 0.4) is 0 Å². The van der Waals surface area contributed by atoms with Crippen LogP contribution < -0.4 is 5.32 Å². The molecule has 1 saturated heterocycles. The minimum Gasteiger partial charge on any atom is -0.349 e. The topological polar surface area (TPSA) is 49.4 Å². The summed E-state index contributed by atoms with van der Waals surface area (Å²) in [4.78, 5) is 26.1. The van der Waals surface area contributed by atoms with E-state index < -0.39 is 0 Å². The van der Waals surface area contributed by atoms with Gasteiger partial charge in [-0.15, -0.1) is 18.3 Å². The molecule has 2 aromatic carbocycles. The highest BCUT2D eigenvalue weighted by atomic mass is 32.2. The van der Waals surface area contributed by atoms with Crippen molar-refractivity contribution in [2.24, 2.45) is 0 Å². The molecule has 0 bridgehead atoms. The highest BCUT2D eigenvalue weighted by molar-refractivity contribution is 8.00. The molecule has 1 atom stereocenters. The maximum absolute atomic E-state index is 12.3. The molecule has 0 unspecified atom stereocenters. The van der Waals surface area contributed by atoms with Crippen LogP contribution in [0.15, 0.2) is 67.3 Å². The van der Waals surface area contributed by atoms with Crippen LogP contribution in [0.4, 0.5) is 0 Å². The second-order valence-corrected chi connectivity index (χ2v) is 6.86. The van der Waals surface area contributed by atoms with E-state index in [0.717, 1.165) is 11.1 Å². The van der Waals surface area contributed by atoms with E-state index in [-0.39, 0.29) is 17.2 Å². The molecule has 0 saturated carbocycles. The Kier molecular flexibility index (Phi) is 5.56. The molecular formula is C20H20N2O2S. The smallest absolute Gasteiger partial charge is 0.251 e. The zero-order chi connectivity index (χ0) is 17.6. The molecule has 1 heterocycles. The summed E-state index contributed by atoms with van der Waals surface area (Å²) in [5.41, 5.74) is 2.75. The zero-order valence-electron chi connectivity index (χ0n) is 13.9. The van der Waals surface area contributed by atoms with E-state index in [9.17, 15) is 9.59 Å². The van der Waals surface area contributed by atoms with Crippen LogP contribution in [-0.4, -0.2) is 29.0 Å². The number of carbonyl (C=O) groups excluding carboxylic acids is 2. The third-order valence-corrected chi connectivity index (χ3v) is 5.28. The highest BCUT2D eigenvalue weighted by Crippen LogP contribution is 2.39. The number of nitrogens with zero attached hydrogens (tertiary/aromatic N) is 1. The van der Waals surface area contributed by atoms with Gasteiger partial charge in [-0.1, -0.05) is 48.5 Å². The molecule has 3 rings (SSSR count). The van der Waals surface area contributed by atoms with Gasteiger partial charge >= 0.3 is 0 Å². The normalized spacial score (nSPS) is 16.7. The molecule has 2 aromatic rings. The van der Waals surface area contributed by atoms with Crippen molar-refractivity contribution in [3.63, 3.8) is 0 Å². The van der Waals surface area contributed by atoms with Crippen LogP contribution in [0.1, 0.15) is 26.9 Å². The first kappa shape index (κ1) is 17.3. The summed E-state index contributed by atoms with van der Waals surface area (Å²) in [6.45, 7) is 4.63. The Morgan fingerprint density at radius 1 is 1.20 bits per heavy atom. The van der Waals surface area contributed by atoms with Gasteiger partial charge in [-0.05, 0) is 23.3 Å². The van der Waals surface area contributed by atoms with Crippen molar-refractivity contribution in [2.45, 2.75) is 11.9 Å². The van der Waals surface area contributed by atoms with Gasteiger partial charge in [-0.25, -0.2) is 0 Å². The summed E-state index contributed by atoms with van der Waals surface area (Å²) in [5.74, 6) is 0.508. The van der Waals surface area contributed by atoms with Gasteiger partial charge in [0.05, 0.1) is 5.75 Å². The van der Waals surface area contributed by atoms with E-state index in [2.05, 4.69) is 11.9 Å². The number of hydrogen-bond donors (Lipinski definition) is 1. The zero-order valence-corrected chi connectivity index (χ0v) is 14.7. The SMILES string of the molecule is C=CCNC(=O)c1ccc([C@H]2SCC(=O)N2Cc2ccccc2)cc1. The Labute approximate surface area is 151 Å². The average molecular weight is 352 g/mol. The summed E-state index contributed by atoms with van der Waals surface area (Å²) in [6, 6.07) is 17.4. The lowest BCUT2D eigenvalue weighted by atomic mass is 10.1. The fraction of sp³-hybridized carbons (Fsp3) is 0.200. The van der Waals surface area contributed by atoms with Gasteiger partial charge in [-0.3, -0.25) is 9.59 Å². The lowest BCUT2D eigenvalue weighted by Crippen LogP contribution is -2.27. The van der Waals surface area contributed by atoms with E-state index in [1.807, 2.05) is 47.4 Å². The molecule has 2 amide bonds. The number of rotatable bonds is 6. The maximum atomic E-state index is 12.3. The minimum absolute atomic E-state index is 0.0157. The van der Waals surface area contributed by atoms with Crippen LogP contribution in [0.25, 0.3) is 0 Å². The van der Waals surface area contributed by atoms with E-state index >= 15 is 0 Å². The number of nitrogens with one attached hydrogen (secondary N) is 1. The molecule has 1 fully saturated rings. The molecule has 0 radical (unpaired) electrons. The fourth-order valence-corrected chi connectivity index (χ4v) is 3.94. The first-order chi connectivity index (χ1) is 12.2. The number of hydrogen-bond acceptors (Lipinski definition) is 3. The Bertz CT molecular complexity index is 759. The molecule has 25 heavy (non-hydrogen) atoms. The molecule has 0 aromatic heterocycles. The first-order valence-corrected chi connectivity index (χ1v) is 9.18. The van der Waals surface area contributed by atoms with Gasteiger partial charge in [0, 0.05) is 18.7 Å². The second kappa shape index (κ2) is 8.03. The Morgan fingerprint density at radius 2 is 1.92 bits per heavy atom. The van der Waals surface area contributed by atoms with E-state index in [0.29, 0.717) is 24.4 Å². The van der Waals surface area contributed by atoms with Crippen LogP contribution >= 0.6 is 11.8 Å². The lowest BCUT2D eigenvalue weighted by molar-refractivity contribution is -0.128. The minimum atomic E-state index is -0.122. The van der Waals surface area contributed by atoms with Crippen LogP contribution in [0.5, 0.6) is 0 Å². The molecular weight excluding hydrogens is 332 g/mol. The lowest BCUT2D eigenvalue weighted by Gasteiger charge is -2.24. The molecule has 128 valence electrons. The number of benzene rings is 2. The van der Waals surface area contributed by atoms with Crippen molar-refractivity contribution in [1.82, 2.24) is 10.2 Å². The number of thioether (sulfide) groups is 1. The molecule has 0 spiro atoms. The average Bonchev–Trinajstić information content (AvgIpc) is 3.01. The standard InChI is InChI=1S/C20H20N2O2S/c1-2-12-21-19(24)16-8-10-17(11-9-16)20-22(18(23)14-25-20)13-15-6-4-3-5-7-15/h2-11,20H,1,12-14H2,(H,21,24)/t20-/m1/s1. The van der Waals surface area contributed by atoms with Crippen molar-refractivity contribution >= 4 is 23.6 Å². The third-order valence-electron chi connectivity index (χ3n) is 4.03. The summed E-state index contributed by atoms with van der Waals surface area (Å²) in [5, 5.41) is 2.74. The second-order valence-electron chi connectivity index (χ2n) is 5.79. The van der Waals surface area contributed by atoms with E-state index in [4.69, 9.17) is 0 Å². The molecule has 4 nitrogen and oxygen atoms in total. The van der Waals surface area contributed by atoms with E-state index in [1.165, 1.54) is 0 Å². The monoisotopic (exact) mass is 352 g/mol. The first-order valence-electron chi connectivity index (χ1n) is 8.13. The van der Waals surface area contributed by atoms with Gasteiger partial charge in [0.25, 0.3) is 5.91 Å². The summed E-state index contributed by atoms with van der Waals surface area (Å²) in [7, 11) is 0. The van der Waals surface area contributed by atoms with Gasteiger partial charge < -0.3 is 10.2 Å². The molecule has 5 heteroatoms. The Morgan fingerprint density at radius 3 is 2.60 bits per heavy atom. The fourth-order valence-electron chi connectivity index (χ4n) is 2.75. The number of carbonyl (C=O) groups is 2. The predicted molar refractivity (Wildman–Crippen MR) is 101 cm³/mol. The van der Waals surface area contributed by atoms with Gasteiger partial charge in [0.15, 0.2) is 0 Å². The highest BCUT2D eigenvalue weighted by Gasteiger charge is 2.32. The summed E-state index contributed by atoms with van der Waals surface area (Å²) >= 11 is 1.62. The van der Waals surface area contributed by atoms with Crippen molar-refractivity contribution in [3.05, 3.63) is 83.9 Å². The van der Waals surface area contributed by atoms with Gasteiger partial charge in [0.1, 0.15) is 5.37 Å². The van der Waals surface area contributed by atoms with E-state index in [1.54, 1.807) is 30.0 Å². The van der Waals surface area contributed by atoms with Gasteiger partial charge in [0.2, 0.25) is 5.91 Å². The largest absolute Gasteiger partial charge is 0.349 e. The Balaban J connectivity index is 1.74. The Hall–Kier alpha value is -2.53.